The summed E-state index contributed by atoms with van der Waals surface area (Å²) >= 11 is 8.74. The lowest BCUT2D eigenvalue weighted by Crippen LogP contribution is -2.48. The number of nitrogens with zero attached hydrogens (tertiary/aromatic N) is 4. The van der Waals surface area contributed by atoms with E-state index in [1.54, 1.807) is 23.2 Å². The van der Waals surface area contributed by atoms with E-state index in [1.807, 2.05) is 51.3 Å². The summed E-state index contributed by atoms with van der Waals surface area (Å²) in [5, 5.41) is 4.02. The van der Waals surface area contributed by atoms with Crippen LogP contribution in [0.15, 0.2) is 23.6 Å². The molecule has 2 unspecified atom stereocenters. The van der Waals surface area contributed by atoms with Gasteiger partial charge in [0.2, 0.25) is 5.91 Å². The third kappa shape index (κ3) is 10.3. The second-order valence-electron chi connectivity index (χ2n) is 20.4. The Kier molecular flexibility index (Phi) is 13.6. The number of carbonyl (C=O) groups is 4. The Morgan fingerprint density at radius 1 is 1.00 bits per heavy atom. The Morgan fingerprint density at radius 3 is 2.41 bits per heavy atom. The molecule has 12 nitrogen and oxygen atoms in total. The molecule has 3 aliphatic carbocycles. The van der Waals surface area contributed by atoms with Gasteiger partial charge in [0.05, 0.1) is 60.1 Å². The minimum atomic E-state index is -0.834. The number of halogens is 1. The van der Waals surface area contributed by atoms with Crippen molar-refractivity contribution in [1.82, 2.24) is 19.8 Å². The number of thiazole rings is 1. The Bertz CT molecular complexity index is 2190. The highest BCUT2D eigenvalue weighted by molar-refractivity contribution is 7.09. The fraction of sp³-hybridized carbons (Fsp3) is 0.673. The number of hydrogen-bond donors (Lipinski definition) is 0. The molecule has 63 heavy (non-hydrogen) atoms. The van der Waals surface area contributed by atoms with Gasteiger partial charge in [0.1, 0.15) is 41.1 Å². The lowest BCUT2D eigenvalue weighted by molar-refractivity contribution is -0.156. The average Bonchev–Trinajstić information content (AvgIpc) is 3.91. The molecule has 8 rings (SSSR count). The fourth-order valence-corrected chi connectivity index (χ4v) is 11.6. The van der Waals surface area contributed by atoms with Crippen molar-refractivity contribution >= 4 is 57.3 Å². The fourth-order valence-electron chi connectivity index (χ4n) is 10.4. The maximum Gasteiger partial charge on any atom is 0.306 e. The molecule has 14 heteroatoms. The largest absolute Gasteiger partial charge is 0.491 e. The van der Waals surface area contributed by atoms with E-state index in [1.165, 1.54) is 6.42 Å². The van der Waals surface area contributed by atoms with E-state index in [9.17, 15) is 19.2 Å². The molecular formula is C49H65ClN4O8S. The van der Waals surface area contributed by atoms with Gasteiger partial charge in [-0.15, -0.1) is 11.3 Å². The molecule has 0 spiro atoms. The van der Waals surface area contributed by atoms with Crippen LogP contribution in [-0.2, 0) is 35.1 Å². The first-order valence-electron chi connectivity index (χ1n) is 23.2. The molecule has 0 bridgehead atoms. The standard InChI is InChI=1S/C49H65ClN4O8S/c1-8-32-24-49(32,29(4)55)25-40(56)39-21-34(26-54(39)47(58)36(48(5,6)7)22-44(57)62-33-19-30-18-31(30)20-33)61-42-23-37(38-27-63-43(51-38)17-28(2)3)52-46-35(42)9-10-41(45(46)50)60-16-13-53-11-14-59-15-12-53/h9-10,23,27-28,30-34,36,39H,8,11-22,24-26H2,1-7H3/t30-,31+,32?,33?,34-,36-,39+,49+/m1/s1. The zero-order valence-corrected chi connectivity index (χ0v) is 39.7. The molecule has 342 valence electrons. The highest BCUT2D eigenvalue weighted by Crippen LogP contribution is 2.58. The molecule has 8 atom stereocenters. The van der Waals surface area contributed by atoms with Crippen molar-refractivity contribution in [2.45, 2.75) is 125 Å². The van der Waals surface area contributed by atoms with Gasteiger partial charge < -0.3 is 23.8 Å². The number of esters is 1. The normalized spacial score (nSPS) is 27.3. The summed E-state index contributed by atoms with van der Waals surface area (Å²) in [6.07, 6.45) is 4.85. The number of amides is 1. The summed E-state index contributed by atoms with van der Waals surface area (Å²) in [6, 6.07) is 4.77. The van der Waals surface area contributed by atoms with E-state index < -0.39 is 28.9 Å². The molecule has 2 saturated heterocycles. The van der Waals surface area contributed by atoms with Crippen molar-refractivity contribution in [3.63, 3.8) is 0 Å². The molecule has 1 amide bonds. The molecule has 1 aromatic carbocycles. The van der Waals surface area contributed by atoms with Crippen molar-refractivity contribution < 1.29 is 38.1 Å². The molecular weight excluding hydrogens is 840 g/mol. The maximum absolute atomic E-state index is 15.0. The van der Waals surface area contributed by atoms with Gasteiger partial charge in [-0.2, -0.15) is 0 Å². The first-order valence-corrected chi connectivity index (χ1v) is 24.5. The number of fused-ring (bicyclic) bond motifs is 2. The van der Waals surface area contributed by atoms with Gasteiger partial charge >= 0.3 is 5.97 Å². The van der Waals surface area contributed by atoms with Crippen molar-refractivity contribution in [3.05, 3.63) is 33.6 Å². The van der Waals surface area contributed by atoms with Gasteiger partial charge in [-0.1, -0.05) is 59.6 Å². The van der Waals surface area contributed by atoms with Gasteiger partial charge in [-0.3, -0.25) is 24.1 Å². The predicted molar refractivity (Wildman–Crippen MR) is 243 cm³/mol. The van der Waals surface area contributed by atoms with Crippen LogP contribution in [0.1, 0.15) is 105 Å². The molecule has 5 aliphatic rings. The Morgan fingerprint density at radius 2 is 1.75 bits per heavy atom. The van der Waals surface area contributed by atoms with E-state index in [2.05, 4.69) is 18.7 Å². The Hall–Kier alpha value is -3.65. The van der Waals surface area contributed by atoms with E-state index in [0.29, 0.717) is 82.8 Å². The van der Waals surface area contributed by atoms with Crippen LogP contribution in [0.2, 0.25) is 5.02 Å². The number of carbonyl (C=O) groups excluding carboxylic acids is 4. The zero-order valence-electron chi connectivity index (χ0n) is 38.1. The van der Waals surface area contributed by atoms with Crippen LogP contribution >= 0.6 is 22.9 Å². The number of pyridine rings is 1. The van der Waals surface area contributed by atoms with Gasteiger partial charge in [-0.05, 0) is 73.8 Å². The monoisotopic (exact) mass is 904 g/mol. The summed E-state index contributed by atoms with van der Waals surface area (Å²) in [5.74, 6) is 1.37. The smallest absolute Gasteiger partial charge is 0.306 e. The Labute approximate surface area is 381 Å². The van der Waals surface area contributed by atoms with Gasteiger partial charge in [0.15, 0.2) is 5.78 Å². The van der Waals surface area contributed by atoms with Crippen molar-refractivity contribution in [2.24, 2.45) is 40.4 Å². The summed E-state index contributed by atoms with van der Waals surface area (Å²) in [5.41, 5.74) is 0.474. The summed E-state index contributed by atoms with van der Waals surface area (Å²) < 4.78 is 24.6. The molecule has 4 heterocycles. The van der Waals surface area contributed by atoms with Gasteiger partial charge in [-0.25, -0.2) is 9.97 Å². The number of rotatable bonds is 18. The lowest BCUT2D eigenvalue weighted by Gasteiger charge is -2.35. The molecule has 2 aromatic heterocycles. The summed E-state index contributed by atoms with van der Waals surface area (Å²) in [4.78, 5) is 70.0. The second kappa shape index (κ2) is 18.7. The Balaban J connectivity index is 1.09. The topological polar surface area (TPSA) is 137 Å². The van der Waals surface area contributed by atoms with Crippen molar-refractivity contribution in [1.29, 1.82) is 0 Å². The SMILES string of the molecule is CCC1C[C@]1(CC(=O)[C@@H]1C[C@@H](Oc2cc(-c3csc(CC(C)C)n3)nc3c(Cl)c(OCCN4CCOCC4)ccc23)CN1C(=O)[C@@H](CC(=O)OC1C[C@@H]2C[C@@H]2C1)C(C)(C)C)C(C)=O. The summed E-state index contributed by atoms with van der Waals surface area (Å²) in [7, 11) is 0. The minimum absolute atomic E-state index is 0.0157. The number of ketones is 2. The second-order valence-corrected chi connectivity index (χ2v) is 21.7. The van der Waals surface area contributed by atoms with E-state index in [0.717, 1.165) is 50.3 Å². The van der Waals surface area contributed by atoms with Crippen LogP contribution in [-0.4, -0.2) is 107 Å². The quantitative estimate of drug-likeness (QED) is 0.114. The number of aromatic nitrogens is 2. The number of likely N-dealkylation sites (tertiary alicyclic amines) is 1. The first kappa shape index (κ1) is 45.9. The van der Waals surface area contributed by atoms with E-state index in [4.69, 9.17) is 40.5 Å². The number of hydrogen-bond acceptors (Lipinski definition) is 12. The third-order valence-electron chi connectivity index (χ3n) is 14.4. The lowest BCUT2D eigenvalue weighted by atomic mass is 9.77. The number of ether oxygens (including phenoxy) is 4. The molecule has 0 radical (unpaired) electrons. The van der Waals surface area contributed by atoms with Crippen LogP contribution in [0.4, 0.5) is 0 Å². The highest BCUT2D eigenvalue weighted by atomic mass is 35.5. The van der Waals surface area contributed by atoms with Crippen LogP contribution in [0.5, 0.6) is 11.5 Å². The van der Waals surface area contributed by atoms with Gasteiger partial charge in [0, 0.05) is 61.1 Å². The predicted octanol–water partition coefficient (Wildman–Crippen LogP) is 8.63. The molecule has 3 saturated carbocycles. The number of morpholine rings is 1. The molecule has 0 N–H and O–H groups in total. The zero-order chi connectivity index (χ0) is 44.8. The van der Waals surface area contributed by atoms with E-state index >= 15 is 0 Å². The summed E-state index contributed by atoms with van der Waals surface area (Å²) in [6.45, 7) is 18.2. The maximum atomic E-state index is 15.0. The molecule has 3 aromatic rings. The molecule has 5 fully saturated rings. The van der Waals surface area contributed by atoms with Crippen molar-refractivity contribution in [3.8, 4) is 22.9 Å². The first-order chi connectivity index (χ1) is 30.0. The number of Topliss-reactive ketones (excluding diaryl/α,β-unsaturated/α-hetero) is 2. The van der Waals surface area contributed by atoms with Gasteiger partial charge in [0.25, 0.3) is 0 Å². The number of benzene rings is 1. The van der Waals surface area contributed by atoms with E-state index in [-0.39, 0.29) is 61.3 Å². The highest BCUT2D eigenvalue weighted by Gasteiger charge is 2.59. The van der Waals surface area contributed by atoms with Crippen LogP contribution in [0.3, 0.4) is 0 Å². The minimum Gasteiger partial charge on any atom is -0.491 e. The average molecular weight is 906 g/mol. The van der Waals surface area contributed by atoms with Crippen LogP contribution < -0.4 is 9.47 Å². The third-order valence-corrected chi connectivity index (χ3v) is 15.6. The van der Waals surface area contributed by atoms with Crippen LogP contribution in [0, 0.1) is 40.4 Å². The van der Waals surface area contributed by atoms with Crippen LogP contribution in [0.25, 0.3) is 22.3 Å². The van der Waals surface area contributed by atoms with Crippen molar-refractivity contribution in [2.75, 3.05) is 46.0 Å². The molecule has 2 aliphatic heterocycles.